The minimum atomic E-state index is -3.92. The van der Waals surface area contributed by atoms with Crippen LogP contribution in [0.3, 0.4) is 0 Å². The Labute approximate surface area is 155 Å². The Kier molecular flexibility index (Phi) is 8.17. The highest BCUT2D eigenvalue weighted by Crippen LogP contribution is 2.15. The standard InChI is InChI=1S/C14H23NO8S3/c1-24(16,17)15-13(11-22-25(2,18)19)14(23-26(3,20)21)10-9-12-7-5-4-6-8-12/h4-8,13-15H,9-11H2,1-3H3. The van der Waals surface area contributed by atoms with Crippen molar-refractivity contribution in [3.8, 4) is 0 Å². The first kappa shape index (κ1) is 23.0. The van der Waals surface area contributed by atoms with Crippen LogP contribution >= 0.6 is 0 Å². The van der Waals surface area contributed by atoms with Gasteiger partial charge in [-0.15, -0.1) is 0 Å². The molecule has 0 aromatic heterocycles. The second-order valence-electron chi connectivity index (χ2n) is 5.85. The first-order valence-electron chi connectivity index (χ1n) is 7.49. The molecule has 0 fully saturated rings. The van der Waals surface area contributed by atoms with E-state index in [1.807, 2.05) is 18.2 Å². The van der Waals surface area contributed by atoms with Gasteiger partial charge in [0, 0.05) is 0 Å². The molecular weight excluding hydrogens is 406 g/mol. The van der Waals surface area contributed by atoms with Gasteiger partial charge in [0.05, 0.1) is 37.5 Å². The van der Waals surface area contributed by atoms with Crippen LogP contribution < -0.4 is 4.72 Å². The van der Waals surface area contributed by atoms with Crippen LogP contribution in [0.5, 0.6) is 0 Å². The molecule has 26 heavy (non-hydrogen) atoms. The van der Waals surface area contributed by atoms with Gasteiger partial charge in [0.15, 0.2) is 0 Å². The average Bonchev–Trinajstić information content (AvgIpc) is 2.46. The molecule has 9 nitrogen and oxygen atoms in total. The van der Waals surface area contributed by atoms with Crippen LogP contribution in [0.1, 0.15) is 12.0 Å². The molecule has 150 valence electrons. The van der Waals surface area contributed by atoms with Crippen molar-refractivity contribution in [3.05, 3.63) is 35.9 Å². The lowest BCUT2D eigenvalue weighted by Crippen LogP contribution is -2.48. The van der Waals surface area contributed by atoms with E-state index in [4.69, 9.17) is 4.18 Å². The fourth-order valence-electron chi connectivity index (χ4n) is 2.18. The van der Waals surface area contributed by atoms with E-state index in [9.17, 15) is 25.3 Å². The van der Waals surface area contributed by atoms with Crippen molar-refractivity contribution in [3.63, 3.8) is 0 Å². The van der Waals surface area contributed by atoms with Crippen molar-refractivity contribution < 1.29 is 33.6 Å². The number of hydrogen-bond donors (Lipinski definition) is 1. The molecule has 0 heterocycles. The second kappa shape index (κ2) is 9.24. The summed E-state index contributed by atoms with van der Waals surface area (Å²) >= 11 is 0. The van der Waals surface area contributed by atoms with Gasteiger partial charge in [0.25, 0.3) is 20.2 Å². The summed E-state index contributed by atoms with van der Waals surface area (Å²) in [4.78, 5) is 0. The first-order chi connectivity index (χ1) is 11.8. The van der Waals surface area contributed by atoms with E-state index in [-0.39, 0.29) is 6.42 Å². The Morgan fingerprint density at radius 3 is 1.96 bits per heavy atom. The molecule has 0 aliphatic carbocycles. The molecule has 1 aromatic carbocycles. The van der Waals surface area contributed by atoms with E-state index in [0.29, 0.717) is 6.42 Å². The number of sulfonamides is 1. The lowest BCUT2D eigenvalue weighted by Gasteiger charge is -2.26. The van der Waals surface area contributed by atoms with E-state index < -0.39 is 49.0 Å². The van der Waals surface area contributed by atoms with Gasteiger partial charge in [-0.3, -0.25) is 8.37 Å². The van der Waals surface area contributed by atoms with Crippen LogP contribution in [0.15, 0.2) is 30.3 Å². The Morgan fingerprint density at radius 2 is 1.50 bits per heavy atom. The molecule has 1 rings (SSSR count). The summed E-state index contributed by atoms with van der Waals surface area (Å²) in [5.74, 6) is 0. The minimum Gasteiger partial charge on any atom is -0.269 e. The molecule has 0 bridgehead atoms. The number of rotatable bonds is 11. The van der Waals surface area contributed by atoms with E-state index in [1.165, 1.54) is 0 Å². The van der Waals surface area contributed by atoms with Crippen LogP contribution in [0.2, 0.25) is 0 Å². The van der Waals surface area contributed by atoms with E-state index in [1.54, 1.807) is 12.1 Å². The third-order valence-corrected chi connectivity index (χ3v) is 5.03. The Balaban J connectivity index is 3.04. The smallest absolute Gasteiger partial charge is 0.264 e. The predicted octanol–water partition coefficient (Wildman–Crippen LogP) is -0.142. The normalized spacial score (nSPS) is 15.5. The predicted molar refractivity (Wildman–Crippen MR) is 97.0 cm³/mol. The molecule has 2 unspecified atom stereocenters. The zero-order valence-electron chi connectivity index (χ0n) is 14.7. The number of hydrogen-bond acceptors (Lipinski definition) is 8. The van der Waals surface area contributed by atoms with Crippen molar-refractivity contribution in [1.29, 1.82) is 0 Å². The minimum absolute atomic E-state index is 0.122. The topological polar surface area (TPSA) is 133 Å². The van der Waals surface area contributed by atoms with Gasteiger partial charge >= 0.3 is 0 Å². The average molecular weight is 430 g/mol. The quantitative estimate of drug-likeness (QED) is 0.481. The molecular formula is C14H23NO8S3. The molecule has 12 heteroatoms. The molecule has 0 radical (unpaired) electrons. The number of benzene rings is 1. The monoisotopic (exact) mass is 429 g/mol. The molecule has 1 aromatic rings. The van der Waals surface area contributed by atoms with Gasteiger partial charge in [-0.05, 0) is 18.4 Å². The maximum absolute atomic E-state index is 11.6. The van der Waals surface area contributed by atoms with Gasteiger partial charge in [-0.2, -0.15) is 16.8 Å². The van der Waals surface area contributed by atoms with Crippen LogP contribution in [0.4, 0.5) is 0 Å². The third-order valence-electron chi connectivity index (χ3n) is 3.13. The Bertz CT molecular complexity index is 879. The highest BCUT2D eigenvalue weighted by molar-refractivity contribution is 7.88. The molecule has 0 saturated heterocycles. The highest BCUT2D eigenvalue weighted by atomic mass is 32.2. The van der Waals surface area contributed by atoms with Crippen LogP contribution in [0.25, 0.3) is 0 Å². The van der Waals surface area contributed by atoms with Crippen molar-refractivity contribution in [1.82, 2.24) is 4.72 Å². The van der Waals surface area contributed by atoms with Gasteiger partial charge in [0.1, 0.15) is 0 Å². The van der Waals surface area contributed by atoms with Crippen molar-refractivity contribution >= 4 is 30.3 Å². The SMILES string of the molecule is CS(=O)(=O)NC(COS(C)(=O)=O)C(CCc1ccccc1)OS(C)(=O)=O. The summed E-state index contributed by atoms with van der Waals surface area (Å²) in [5, 5.41) is 0. The zero-order chi connectivity index (χ0) is 20.0. The summed E-state index contributed by atoms with van der Waals surface area (Å²) in [7, 11) is -11.6. The molecule has 0 spiro atoms. The van der Waals surface area contributed by atoms with Crippen LogP contribution in [-0.4, -0.2) is 62.8 Å². The fourth-order valence-corrected chi connectivity index (χ4v) is 4.03. The van der Waals surface area contributed by atoms with Gasteiger partial charge in [-0.25, -0.2) is 13.1 Å². The van der Waals surface area contributed by atoms with Gasteiger partial charge in [0.2, 0.25) is 10.0 Å². The number of aryl methyl sites for hydroxylation is 1. The molecule has 2 atom stereocenters. The number of nitrogens with one attached hydrogen (secondary N) is 1. The van der Waals surface area contributed by atoms with E-state index >= 15 is 0 Å². The summed E-state index contributed by atoms with van der Waals surface area (Å²) in [6.45, 7) is -0.596. The summed E-state index contributed by atoms with van der Waals surface area (Å²) in [6.07, 6.45) is 1.87. The van der Waals surface area contributed by atoms with E-state index in [0.717, 1.165) is 24.3 Å². The zero-order valence-corrected chi connectivity index (χ0v) is 17.1. The third kappa shape index (κ3) is 10.8. The Hall–Kier alpha value is -1.05. The lowest BCUT2D eigenvalue weighted by atomic mass is 10.0. The Morgan fingerprint density at radius 1 is 0.923 bits per heavy atom. The van der Waals surface area contributed by atoms with Gasteiger partial charge in [-0.1, -0.05) is 30.3 Å². The van der Waals surface area contributed by atoms with Crippen LogP contribution in [0, 0.1) is 0 Å². The van der Waals surface area contributed by atoms with Crippen LogP contribution in [-0.2, 0) is 45.0 Å². The van der Waals surface area contributed by atoms with Crippen molar-refractivity contribution in [2.75, 3.05) is 25.4 Å². The highest BCUT2D eigenvalue weighted by Gasteiger charge is 2.29. The summed E-state index contributed by atoms with van der Waals surface area (Å²) in [6, 6.07) is 7.87. The molecule has 1 N–H and O–H groups in total. The van der Waals surface area contributed by atoms with E-state index in [2.05, 4.69) is 8.91 Å². The summed E-state index contributed by atoms with van der Waals surface area (Å²) < 4.78 is 80.6. The fraction of sp³-hybridized carbons (Fsp3) is 0.571. The molecule has 0 aliphatic rings. The molecule has 0 saturated carbocycles. The summed E-state index contributed by atoms with van der Waals surface area (Å²) in [5.41, 5.74) is 0.886. The van der Waals surface area contributed by atoms with Crippen molar-refractivity contribution in [2.24, 2.45) is 0 Å². The van der Waals surface area contributed by atoms with Gasteiger partial charge < -0.3 is 0 Å². The largest absolute Gasteiger partial charge is 0.269 e. The molecule has 0 aliphatic heterocycles. The maximum atomic E-state index is 11.6. The molecule has 0 amide bonds. The second-order valence-corrected chi connectivity index (χ2v) is 10.9. The lowest BCUT2D eigenvalue weighted by molar-refractivity contribution is 0.131. The maximum Gasteiger partial charge on any atom is 0.264 e. The first-order valence-corrected chi connectivity index (χ1v) is 13.0. The van der Waals surface area contributed by atoms with Crippen molar-refractivity contribution in [2.45, 2.75) is 25.0 Å².